The van der Waals surface area contributed by atoms with E-state index in [9.17, 15) is 28.8 Å². The van der Waals surface area contributed by atoms with Crippen molar-refractivity contribution < 1.29 is 53.6 Å². The molecule has 3 amide bonds. The number of carbonyl (C=O) groups excluding carboxylic acids is 3. The predicted molar refractivity (Wildman–Crippen MR) is 194 cm³/mol. The van der Waals surface area contributed by atoms with Gasteiger partial charge >= 0.3 is 17.9 Å². The molecule has 0 aliphatic carbocycles. The highest BCUT2D eigenvalue weighted by Gasteiger charge is 2.29. The van der Waals surface area contributed by atoms with Gasteiger partial charge in [0.05, 0.1) is 6.42 Å². The minimum absolute atomic E-state index is 0.0456. The molecular weight excluding hydrogens is 733 g/mol. The van der Waals surface area contributed by atoms with Crippen molar-refractivity contribution in [2.45, 2.75) is 70.1 Å². The number of carbonyl (C=O) groups is 6. The largest absolute Gasteiger partial charge is 0.491 e. The quantitative estimate of drug-likeness (QED) is 0.0626. The lowest BCUT2D eigenvalue weighted by atomic mass is 10.0. The molecule has 0 spiro atoms. The molecule has 3 aromatic carbocycles. The second kappa shape index (κ2) is 21.2. The Morgan fingerprint density at radius 2 is 1.38 bits per heavy atom. The maximum Gasteiger partial charge on any atom is 0.356 e. The highest BCUT2D eigenvalue weighted by atomic mass is 35.5. The van der Waals surface area contributed by atoms with Gasteiger partial charge in [0.2, 0.25) is 17.7 Å². The summed E-state index contributed by atoms with van der Waals surface area (Å²) in [5.74, 6) is -6.27. The van der Waals surface area contributed by atoms with Crippen LogP contribution in [-0.4, -0.2) is 82.3 Å². The van der Waals surface area contributed by atoms with E-state index in [2.05, 4.69) is 16.0 Å². The summed E-state index contributed by atoms with van der Waals surface area (Å²) in [6.45, 7) is 1.98. The van der Waals surface area contributed by atoms with Crippen molar-refractivity contribution in [1.82, 2.24) is 16.0 Å². The van der Waals surface area contributed by atoms with Gasteiger partial charge < -0.3 is 40.7 Å². The number of nitrogens with one attached hydrogen (secondary N) is 3. The van der Waals surface area contributed by atoms with Crippen LogP contribution in [0.4, 0.5) is 0 Å². The Bertz CT molecular complexity index is 1720. The molecule has 284 valence electrons. The Morgan fingerprint density at radius 1 is 0.736 bits per heavy atom. The fraction of sp³-hybridized carbons (Fsp3) is 0.351. The number of aliphatic carboxylic acids is 3. The lowest BCUT2D eigenvalue weighted by Gasteiger charge is -2.24. The Labute approximate surface area is 315 Å². The topological polar surface area (TPSA) is 218 Å². The van der Waals surface area contributed by atoms with Crippen LogP contribution >= 0.6 is 23.2 Å². The summed E-state index contributed by atoms with van der Waals surface area (Å²) in [5.41, 5.74) is 2.23. The van der Waals surface area contributed by atoms with Gasteiger partial charge in [-0.3, -0.25) is 19.2 Å². The van der Waals surface area contributed by atoms with Crippen molar-refractivity contribution in [2.75, 3.05) is 13.2 Å². The number of amides is 3. The molecule has 0 fully saturated rings. The third-order valence-electron chi connectivity index (χ3n) is 7.74. The molecule has 0 saturated carbocycles. The lowest BCUT2D eigenvalue weighted by molar-refractivity contribution is -0.159. The lowest BCUT2D eigenvalue weighted by Crippen LogP contribution is -2.56. The van der Waals surface area contributed by atoms with E-state index in [1.165, 1.54) is 24.3 Å². The summed E-state index contributed by atoms with van der Waals surface area (Å²) in [5, 5.41) is 36.3. The van der Waals surface area contributed by atoms with Crippen LogP contribution in [0, 0.1) is 0 Å². The zero-order valence-electron chi connectivity index (χ0n) is 28.8. The zero-order chi connectivity index (χ0) is 38.9. The highest BCUT2D eigenvalue weighted by Crippen LogP contribution is 2.24. The SMILES string of the molecule is CCCCCNC(=O)[C@H](Cc1ccc(OC(C(=O)O)C(=O)O)cc1)NC(=O)[C@H](COc1ccc(Cc2cc(Cl)ccc2Cl)cc1)NC(=O)CCC(=O)O. The second-order valence-corrected chi connectivity index (χ2v) is 12.8. The molecule has 3 aromatic rings. The van der Waals surface area contributed by atoms with Crippen molar-refractivity contribution in [3.05, 3.63) is 93.5 Å². The average Bonchev–Trinajstić information content (AvgIpc) is 3.12. The Kier molecular flexibility index (Phi) is 16.9. The minimum Gasteiger partial charge on any atom is -0.491 e. The Hall–Kier alpha value is -5.34. The van der Waals surface area contributed by atoms with E-state index in [0.29, 0.717) is 40.7 Å². The molecule has 0 radical (unpaired) electrons. The van der Waals surface area contributed by atoms with E-state index in [1.807, 2.05) is 6.92 Å². The Balaban J connectivity index is 1.77. The molecule has 6 N–H and O–H groups in total. The van der Waals surface area contributed by atoms with Crippen molar-refractivity contribution >= 4 is 58.8 Å². The van der Waals surface area contributed by atoms with Crippen LogP contribution in [0.25, 0.3) is 0 Å². The molecule has 2 atom stereocenters. The molecule has 0 aromatic heterocycles. The molecule has 0 aliphatic rings. The fourth-order valence-electron chi connectivity index (χ4n) is 4.93. The molecule has 53 heavy (non-hydrogen) atoms. The highest BCUT2D eigenvalue weighted by molar-refractivity contribution is 6.33. The van der Waals surface area contributed by atoms with Crippen molar-refractivity contribution in [1.29, 1.82) is 0 Å². The molecule has 0 bridgehead atoms. The first-order valence-electron chi connectivity index (χ1n) is 16.7. The third-order valence-corrected chi connectivity index (χ3v) is 8.34. The number of ether oxygens (including phenoxy) is 2. The summed E-state index contributed by atoms with van der Waals surface area (Å²) in [6, 6.07) is 15.3. The monoisotopic (exact) mass is 773 g/mol. The summed E-state index contributed by atoms with van der Waals surface area (Å²) < 4.78 is 10.9. The van der Waals surface area contributed by atoms with Gasteiger partial charge in [0, 0.05) is 29.4 Å². The van der Waals surface area contributed by atoms with Crippen molar-refractivity contribution in [3.63, 3.8) is 0 Å². The minimum atomic E-state index is -2.13. The Morgan fingerprint density at radius 3 is 2.00 bits per heavy atom. The number of hydrogen-bond donors (Lipinski definition) is 6. The number of hydrogen-bond acceptors (Lipinski definition) is 8. The maximum atomic E-state index is 13.7. The van der Waals surface area contributed by atoms with Crippen LogP contribution in [-0.2, 0) is 41.6 Å². The molecule has 0 heterocycles. The number of unbranched alkanes of at least 4 members (excludes halogenated alkanes) is 2. The number of carboxylic acid groups (broad SMARTS) is 3. The number of benzene rings is 3. The first kappa shape index (κ1) is 42.1. The third kappa shape index (κ3) is 14.7. The summed E-state index contributed by atoms with van der Waals surface area (Å²) in [4.78, 5) is 73.2. The normalized spacial score (nSPS) is 11.9. The summed E-state index contributed by atoms with van der Waals surface area (Å²) in [7, 11) is 0. The molecule has 14 nitrogen and oxygen atoms in total. The van der Waals surface area contributed by atoms with E-state index in [-0.39, 0.29) is 18.8 Å². The van der Waals surface area contributed by atoms with Gasteiger partial charge in [0.1, 0.15) is 30.2 Å². The first-order valence-corrected chi connectivity index (χ1v) is 17.5. The van der Waals surface area contributed by atoms with Gasteiger partial charge in [-0.2, -0.15) is 0 Å². The molecule has 16 heteroatoms. The zero-order valence-corrected chi connectivity index (χ0v) is 30.3. The van der Waals surface area contributed by atoms with Crippen molar-refractivity contribution in [2.24, 2.45) is 0 Å². The van der Waals surface area contributed by atoms with Crippen LogP contribution in [0.1, 0.15) is 55.7 Å². The molecular formula is C37H41Cl2N3O11. The van der Waals surface area contributed by atoms with E-state index in [4.69, 9.17) is 48.0 Å². The van der Waals surface area contributed by atoms with Gasteiger partial charge in [-0.05, 0) is 72.0 Å². The number of halogens is 2. The van der Waals surface area contributed by atoms with Gasteiger partial charge in [0.15, 0.2) is 0 Å². The van der Waals surface area contributed by atoms with Crippen LogP contribution in [0.2, 0.25) is 10.0 Å². The smallest absolute Gasteiger partial charge is 0.356 e. The van der Waals surface area contributed by atoms with E-state index < -0.39 is 66.7 Å². The van der Waals surface area contributed by atoms with Gasteiger partial charge in [-0.25, -0.2) is 9.59 Å². The van der Waals surface area contributed by atoms with Crippen molar-refractivity contribution in [3.8, 4) is 11.5 Å². The van der Waals surface area contributed by atoms with Crippen LogP contribution in [0.15, 0.2) is 66.7 Å². The maximum absolute atomic E-state index is 13.7. The van der Waals surface area contributed by atoms with Crippen LogP contribution in [0.5, 0.6) is 11.5 Å². The van der Waals surface area contributed by atoms with Gasteiger partial charge in [-0.1, -0.05) is 67.2 Å². The molecule has 0 saturated heterocycles. The second-order valence-electron chi connectivity index (χ2n) is 12.0. The standard InChI is InChI=1S/C37H41Cl2N3O11/c1-2-3-4-17-40-34(46)29(19-23-7-12-27(13-8-23)53-33(36(48)49)37(50)51)42-35(47)30(41-31(43)15-16-32(44)45)21-52-26-10-5-22(6-11-26)18-24-20-25(38)9-14-28(24)39/h5-14,20,29-30,33H,2-4,15-19,21H2,1H3,(H,40,46)(H,41,43)(H,42,47)(H,44,45)(H,48,49)(H,50,51)/t29-,30-/m0/s1. The average molecular weight is 775 g/mol. The summed E-state index contributed by atoms with van der Waals surface area (Å²) in [6.07, 6.45) is -0.0802. The van der Waals surface area contributed by atoms with Gasteiger partial charge in [0.25, 0.3) is 6.10 Å². The number of rotatable bonds is 22. The fourth-order valence-corrected chi connectivity index (χ4v) is 5.30. The number of carboxylic acids is 3. The predicted octanol–water partition coefficient (Wildman–Crippen LogP) is 4.26. The molecule has 0 unspecified atom stereocenters. The van der Waals surface area contributed by atoms with E-state index in [1.54, 1.807) is 42.5 Å². The summed E-state index contributed by atoms with van der Waals surface area (Å²) >= 11 is 12.4. The van der Waals surface area contributed by atoms with Crippen LogP contribution < -0.4 is 25.4 Å². The molecule has 0 aliphatic heterocycles. The van der Waals surface area contributed by atoms with E-state index >= 15 is 0 Å². The molecule has 3 rings (SSSR count). The van der Waals surface area contributed by atoms with E-state index in [0.717, 1.165) is 24.0 Å². The van der Waals surface area contributed by atoms with Gasteiger partial charge in [-0.15, -0.1) is 0 Å². The first-order chi connectivity index (χ1) is 25.2. The van der Waals surface area contributed by atoms with Crippen LogP contribution in [0.3, 0.4) is 0 Å².